The van der Waals surface area contributed by atoms with E-state index in [1.54, 1.807) is 68.2 Å². The molecule has 8 N–H and O–H groups in total. The maximum atomic E-state index is 13.1. The van der Waals surface area contributed by atoms with Crippen LogP contribution in [0.1, 0.15) is 224 Å². The molecular weight excluding hydrogens is 1820 g/mol. The van der Waals surface area contributed by atoms with E-state index in [0.717, 1.165) is 157 Å². The largest absolute Gasteiger partial charge is 0.511 e. The molecule has 41 heteroatoms. The van der Waals surface area contributed by atoms with Crippen molar-refractivity contribution in [2.24, 2.45) is 22.9 Å². The molecule has 1 aliphatic carbocycles. The number of carbonyl (C=O) groups is 12. The molecule has 0 aromatic carbocycles. The van der Waals surface area contributed by atoms with Crippen molar-refractivity contribution in [1.29, 1.82) is 0 Å². The summed E-state index contributed by atoms with van der Waals surface area (Å²) in [5, 5.41) is 2.79. The third-order valence-electron chi connectivity index (χ3n) is 23.8. The van der Waals surface area contributed by atoms with E-state index in [0.29, 0.717) is 79.7 Å². The number of nitrogens with zero attached hydrogens (tertiary/aromatic N) is 12. The number of cyclic esters (lactones) is 1. The van der Waals surface area contributed by atoms with Gasteiger partial charge in [-0.1, -0.05) is 33.6 Å². The first-order chi connectivity index (χ1) is 64.0. The highest BCUT2D eigenvalue weighted by molar-refractivity contribution is 7.16. The molecule has 8 aromatic heterocycles. The lowest BCUT2D eigenvalue weighted by atomic mass is 9.83. The number of hydrogen-bond donors (Lipinski definition) is 4. The van der Waals surface area contributed by atoms with Crippen LogP contribution in [-0.2, 0) is 138 Å². The van der Waals surface area contributed by atoms with Crippen LogP contribution >= 0.6 is 45.3 Å². The summed E-state index contributed by atoms with van der Waals surface area (Å²) >= 11 is 5.82. The molecule has 37 nitrogen and oxygen atoms in total. The highest BCUT2D eigenvalue weighted by atomic mass is 32.1. The van der Waals surface area contributed by atoms with E-state index in [1.807, 2.05) is 71.1 Å². The Balaban J connectivity index is 0.000000201. The number of hydrogen-bond acceptors (Lipinski definition) is 33. The van der Waals surface area contributed by atoms with Crippen molar-refractivity contribution >= 4 is 129 Å². The van der Waals surface area contributed by atoms with E-state index in [4.69, 9.17) is 65.8 Å². The van der Waals surface area contributed by atoms with Crippen molar-refractivity contribution in [3.8, 4) is 41.8 Å². The number of rotatable bonds is 27. The van der Waals surface area contributed by atoms with Crippen LogP contribution < -0.4 is 22.9 Å². The number of amides is 8. The number of ether oxygens (including phenoxy) is 5. The maximum absolute atomic E-state index is 13.1. The topological polar surface area (TPSA) is 539 Å². The van der Waals surface area contributed by atoms with Gasteiger partial charge in [0, 0.05) is 81.1 Å². The van der Waals surface area contributed by atoms with E-state index in [9.17, 15) is 57.5 Å². The van der Waals surface area contributed by atoms with Crippen LogP contribution in [0.2, 0.25) is 0 Å². The Hall–Kier alpha value is -12.7. The molecule has 722 valence electrons. The highest BCUT2D eigenvalue weighted by Gasteiger charge is 2.42. The maximum Gasteiger partial charge on any atom is 0.511 e. The fourth-order valence-electron chi connectivity index (χ4n) is 16.6. The average Bonchev–Trinajstić information content (AvgIpc) is 1.79. The average molecular weight is 1930 g/mol. The molecule has 6 aliphatic rings. The van der Waals surface area contributed by atoms with E-state index in [1.165, 1.54) is 62.1 Å². The molecule has 135 heavy (non-hydrogen) atoms. The molecular formula is C94H116N16O21S4. The molecule has 1 saturated carbocycles. The number of aryl methyl sites for hydroxylation is 5. The Kier molecular flexibility index (Phi) is 38.1. The van der Waals surface area contributed by atoms with Gasteiger partial charge in [-0.15, -0.1) is 45.3 Å². The second-order valence-electron chi connectivity index (χ2n) is 35.0. The van der Waals surface area contributed by atoms with Gasteiger partial charge < -0.3 is 66.2 Å². The quantitative estimate of drug-likeness (QED) is 0.0211. The minimum atomic E-state index is -1.15. The summed E-state index contributed by atoms with van der Waals surface area (Å²) in [5.74, 6) is -4.03. The minimum Gasteiger partial charge on any atom is -0.463 e. The van der Waals surface area contributed by atoms with Crippen LogP contribution in [0, 0.1) is 34.6 Å². The van der Waals surface area contributed by atoms with Gasteiger partial charge >= 0.3 is 36.4 Å². The third-order valence-corrected chi connectivity index (χ3v) is 28.6. The van der Waals surface area contributed by atoms with E-state index < -0.39 is 95.1 Å². The molecule has 8 amide bonds. The molecule has 6 fully saturated rings. The first-order valence-corrected chi connectivity index (χ1v) is 47.8. The van der Waals surface area contributed by atoms with Crippen LogP contribution in [0.3, 0.4) is 0 Å². The zero-order valence-electron chi connectivity index (χ0n) is 78.0. The summed E-state index contributed by atoms with van der Waals surface area (Å²) in [6.07, 6.45) is 17.8. The van der Waals surface area contributed by atoms with Crippen LogP contribution in [-0.4, -0.2) is 219 Å². The number of aromatic nitrogens is 8. The molecule has 5 saturated heterocycles. The summed E-state index contributed by atoms with van der Waals surface area (Å²) < 4.78 is 26.2. The summed E-state index contributed by atoms with van der Waals surface area (Å²) in [5.41, 5.74) is 29.5. The lowest BCUT2D eigenvalue weighted by Crippen LogP contribution is -2.44. The third kappa shape index (κ3) is 28.2. The monoisotopic (exact) mass is 1930 g/mol. The number of nitrogens with two attached hydrogens (primary N) is 4. The zero-order valence-corrected chi connectivity index (χ0v) is 81.3. The number of primary amides is 4. The summed E-state index contributed by atoms with van der Waals surface area (Å²) in [7, 11) is 0. The van der Waals surface area contributed by atoms with Gasteiger partial charge in [0.2, 0.25) is 59.7 Å². The van der Waals surface area contributed by atoms with Gasteiger partial charge in [-0.05, 0) is 217 Å². The summed E-state index contributed by atoms with van der Waals surface area (Å²) in [6, 6.07) is 13.2. The van der Waals surface area contributed by atoms with Crippen molar-refractivity contribution in [3.05, 3.63) is 139 Å². The first-order valence-electron chi connectivity index (χ1n) is 44.5. The molecule has 13 heterocycles. The van der Waals surface area contributed by atoms with Crippen molar-refractivity contribution in [3.63, 3.8) is 0 Å². The Bertz CT molecular complexity index is 5680. The van der Waals surface area contributed by atoms with Gasteiger partial charge in [0.25, 0.3) is 0 Å². The predicted octanol–water partition coefficient (Wildman–Crippen LogP) is 10.1. The van der Waals surface area contributed by atoms with Gasteiger partial charge in [0.15, 0.2) is 0 Å². The second-order valence-corrected chi connectivity index (χ2v) is 39.3. The van der Waals surface area contributed by atoms with E-state index in [-0.39, 0.29) is 79.7 Å². The van der Waals surface area contributed by atoms with Crippen molar-refractivity contribution in [2.75, 3.05) is 32.8 Å². The molecule has 0 spiro atoms. The Morgan fingerprint density at radius 2 is 0.770 bits per heavy atom. The fourth-order valence-corrected chi connectivity index (χ4v) is 20.8. The number of carbonyl (C=O) groups excluding carboxylic acids is 16. The van der Waals surface area contributed by atoms with Crippen molar-refractivity contribution < 1.29 is 100 Å². The predicted molar refractivity (Wildman–Crippen MR) is 495 cm³/mol. The lowest BCUT2D eigenvalue weighted by molar-refractivity contribution is -0.193. The fraction of sp³-hybridized carbons (Fsp3) is 0.511. The number of thiazole rings is 4. The molecule has 5 aliphatic heterocycles. The van der Waals surface area contributed by atoms with E-state index >= 15 is 0 Å². The van der Waals surface area contributed by atoms with Crippen molar-refractivity contribution in [2.45, 2.75) is 277 Å². The van der Waals surface area contributed by atoms with E-state index in [2.05, 4.69) is 66.7 Å². The summed E-state index contributed by atoms with van der Waals surface area (Å²) in [4.78, 5) is 226. The minimum absolute atomic E-state index is 0.0156. The number of likely N-dealkylation sites (tertiary alicyclic amines) is 4. The van der Waals surface area contributed by atoms with Gasteiger partial charge in [-0.2, -0.15) is 19.2 Å². The molecule has 0 radical (unpaired) electrons. The van der Waals surface area contributed by atoms with Gasteiger partial charge in [0.05, 0.1) is 86.0 Å². The zero-order chi connectivity index (χ0) is 98.9. The Labute approximate surface area is 797 Å². The smallest absolute Gasteiger partial charge is 0.463 e. The standard InChI is InChI=1S/C29H38N4O7S.C24H28N4O6S.C22H30N4O2S.C17H20N4O2S.2CO2/c1-17-25(41-23(32-17)16-24(34)33-14-8-11-21(33)26(30)35)19-12-13-31-22(15-19)29(3,4)27(36)38-18(2)39-28(37)40-20-9-6-5-7-10-20;1-13-20(35-18(27-13)12-19(29)28-9-4-5-15(28)21(25)30)14-6-8-26-17(11-14)24(2,3)23(32)34-16-7-10-33-22(16)31;1-5-9-22(3,4)17-12-15(8-10-24-17)20-14(2)25-18(29-20)13-19(27)26-11-6-7-16(26)21(23)28;1-10-8-12(5-6-19-10)16-11(2)20-14(24-16)9-15(22)21-7-3-4-13(21)17(18)23;2*2-1-3/h12-13,15,18,20-21H,5-11,14,16H2,1-4H3,(H2,30,35);6,8,11,15-16H,4-5,7,9-10,12H2,1-3H3,(H2,25,30);8,10,12,16H,5-7,9,11,13H2,1-4H3,(H2,23,28);5-6,8,13H,3-4,7,9H2,1-2H3,(H2,18,23);;/t18?,21-;15-,16?;16-;13-;;/m0000../s1. The Morgan fingerprint density at radius 3 is 1.10 bits per heavy atom. The van der Waals surface area contributed by atoms with Crippen LogP contribution in [0.25, 0.3) is 41.8 Å². The SMILES string of the molecule is CCCC(C)(C)c1cc(-c2sc(CC(=O)N3CCC[C@H]3C(N)=O)nc2C)ccn1.Cc1cc(-c2sc(CC(=O)N3CCC[C@H]3C(N)=O)nc2C)ccn1.Cc1nc(CC(=O)N2CCC[C@H]2C(N)=O)sc1-c1ccnc(C(C)(C)C(=O)OC(C)OC(=O)OC2CCCCC2)c1.Cc1nc(CC(=O)N2CCC[C@H]2C(N)=O)sc1-c1ccnc(C(C)(C)C(=O)OC2CCOC2=O)c1.O=C=O.O=C=O. The highest BCUT2D eigenvalue weighted by Crippen LogP contribution is 2.40. The molecule has 8 aromatic rings. The van der Waals surface area contributed by atoms with Crippen molar-refractivity contribution in [1.82, 2.24) is 59.5 Å². The second kappa shape index (κ2) is 48.5. The van der Waals surface area contributed by atoms with Gasteiger partial charge in [-0.3, -0.25) is 67.9 Å². The molecule has 0 bridgehead atoms. The van der Waals surface area contributed by atoms with Crippen LogP contribution in [0.15, 0.2) is 73.3 Å². The Morgan fingerprint density at radius 1 is 0.444 bits per heavy atom. The van der Waals surface area contributed by atoms with Gasteiger partial charge in [-0.25, -0.2) is 29.5 Å². The molecule has 14 rings (SSSR count). The normalized spacial score (nSPS) is 17.7. The number of esters is 3. The number of pyridine rings is 4. The molecule has 6 atom stereocenters. The van der Waals surface area contributed by atoms with Crippen LogP contribution in [0.5, 0.6) is 0 Å². The first kappa shape index (κ1) is 106. The lowest BCUT2D eigenvalue weighted by Gasteiger charge is -2.25. The van der Waals surface area contributed by atoms with Crippen LogP contribution in [0.4, 0.5) is 4.79 Å². The van der Waals surface area contributed by atoms with Gasteiger partial charge in [0.1, 0.15) is 61.1 Å². The molecule has 2 unspecified atom stereocenters. The summed E-state index contributed by atoms with van der Waals surface area (Å²) in [6.45, 7) is 26.9.